The van der Waals surface area contributed by atoms with Crippen molar-refractivity contribution in [3.05, 3.63) is 166 Å². The molecule has 5 aromatic rings. The van der Waals surface area contributed by atoms with Crippen LogP contribution in [0.5, 0.6) is 11.5 Å². The van der Waals surface area contributed by atoms with Crippen molar-refractivity contribution in [3.8, 4) is 11.5 Å². The third kappa shape index (κ3) is 8.49. The average molecular weight is 747 g/mol. The SMILES string of the molecule is CCc1ccc(C2(OC)OC(CO)(CO)[C@@H](OCc3ccccc3)[C@H](OCc3ccccc3)[C@H]2OCc2ccccc2)cc1Cc1ccc2c(c1)OCCO2. The van der Waals surface area contributed by atoms with Gasteiger partial charge in [-0.15, -0.1) is 0 Å². The molecule has 1 unspecified atom stereocenters. The largest absolute Gasteiger partial charge is 0.486 e. The lowest BCUT2D eigenvalue weighted by Crippen LogP contribution is -2.72. The summed E-state index contributed by atoms with van der Waals surface area (Å²) in [6.45, 7) is 2.59. The number of fused-ring (bicyclic) bond motifs is 1. The minimum Gasteiger partial charge on any atom is -0.486 e. The van der Waals surface area contributed by atoms with Crippen molar-refractivity contribution in [1.29, 1.82) is 0 Å². The first-order chi connectivity index (χ1) is 27.0. The fourth-order valence-electron chi connectivity index (χ4n) is 7.57. The van der Waals surface area contributed by atoms with Crippen LogP contribution in [0.25, 0.3) is 0 Å². The van der Waals surface area contributed by atoms with Crippen molar-refractivity contribution in [2.75, 3.05) is 33.5 Å². The van der Waals surface area contributed by atoms with E-state index in [-0.39, 0.29) is 19.8 Å². The summed E-state index contributed by atoms with van der Waals surface area (Å²) < 4.78 is 45.7. The molecule has 5 aromatic carbocycles. The van der Waals surface area contributed by atoms with Gasteiger partial charge in [0.25, 0.3) is 0 Å². The lowest BCUT2D eigenvalue weighted by molar-refractivity contribution is -0.417. The first-order valence-electron chi connectivity index (χ1n) is 18.9. The molecule has 1 fully saturated rings. The molecule has 55 heavy (non-hydrogen) atoms. The Labute approximate surface area is 323 Å². The van der Waals surface area contributed by atoms with E-state index in [9.17, 15) is 10.2 Å². The predicted octanol–water partition coefficient (Wildman–Crippen LogP) is 6.92. The predicted molar refractivity (Wildman–Crippen MR) is 208 cm³/mol. The lowest BCUT2D eigenvalue weighted by atomic mass is 9.80. The normalized spacial score (nSPS) is 21.6. The van der Waals surface area contributed by atoms with Gasteiger partial charge in [0, 0.05) is 12.7 Å². The van der Waals surface area contributed by atoms with Crippen molar-refractivity contribution in [1.82, 2.24) is 0 Å². The van der Waals surface area contributed by atoms with Gasteiger partial charge in [0.1, 0.15) is 37.1 Å². The summed E-state index contributed by atoms with van der Waals surface area (Å²) in [5.41, 5.74) is 5.05. The van der Waals surface area contributed by atoms with Gasteiger partial charge in [0.15, 0.2) is 11.5 Å². The van der Waals surface area contributed by atoms with Crippen LogP contribution in [-0.4, -0.2) is 67.7 Å². The highest BCUT2D eigenvalue weighted by molar-refractivity contribution is 5.46. The van der Waals surface area contributed by atoms with Crippen LogP contribution in [0.15, 0.2) is 127 Å². The van der Waals surface area contributed by atoms with E-state index >= 15 is 0 Å². The fourth-order valence-corrected chi connectivity index (χ4v) is 7.57. The zero-order chi connectivity index (χ0) is 38.1. The summed E-state index contributed by atoms with van der Waals surface area (Å²) in [6, 6.07) is 41.6. The average Bonchev–Trinajstić information content (AvgIpc) is 3.25. The molecule has 0 saturated carbocycles. The third-order valence-electron chi connectivity index (χ3n) is 10.5. The summed E-state index contributed by atoms with van der Waals surface area (Å²) in [6.07, 6.45) is -1.42. The Morgan fingerprint density at radius 1 is 0.600 bits per heavy atom. The highest BCUT2D eigenvalue weighted by atomic mass is 16.7. The Morgan fingerprint density at radius 3 is 1.73 bits per heavy atom. The molecule has 2 heterocycles. The molecular weight excluding hydrogens is 696 g/mol. The minimum absolute atomic E-state index is 0.179. The molecule has 4 atom stereocenters. The summed E-state index contributed by atoms with van der Waals surface area (Å²) in [7, 11) is 1.56. The monoisotopic (exact) mass is 746 g/mol. The molecule has 2 N–H and O–H groups in total. The number of hydrogen-bond donors (Lipinski definition) is 2. The molecule has 9 nitrogen and oxygen atoms in total. The van der Waals surface area contributed by atoms with Crippen molar-refractivity contribution in [3.63, 3.8) is 0 Å². The van der Waals surface area contributed by atoms with E-state index in [2.05, 4.69) is 25.1 Å². The second-order valence-electron chi connectivity index (χ2n) is 14.0. The van der Waals surface area contributed by atoms with E-state index in [1.807, 2.05) is 109 Å². The van der Waals surface area contributed by atoms with Crippen LogP contribution in [0.1, 0.15) is 45.9 Å². The molecule has 2 aliphatic rings. The van der Waals surface area contributed by atoms with Crippen LogP contribution in [0, 0.1) is 0 Å². The Morgan fingerprint density at radius 2 is 1.16 bits per heavy atom. The maximum absolute atomic E-state index is 11.3. The van der Waals surface area contributed by atoms with Gasteiger partial charge in [-0.1, -0.05) is 116 Å². The molecule has 1 saturated heterocycles. The van der Waals surface area contributed by atoms with Gasteiger partial charge >= 0.3 is 0 Å². The molecule has 2 aliphatic heterocycles. The summed E-state index contributed by atoms with van der Waals surface area (Å²) >= 11 is 0. The van der Waals surface area contributed by atoms with Crippen LogP contribution < -0.4 is 9.47 Å². The number of ether oxygens (including phenoxy) is 7. The van der Waals surface area contributed by atoms with Gasteiger partial charge in [-0.05, 0) is 64.4 Å². The first-order valence-corrected chi connectivity index (χ1v) is 18.9. The number of hydrogen-bond acceptors (Lipinski definition) is 9. The molecule has 0 aromatic heterocycles. The van der Waals surface area contributed by atoms with E-state index < -0.39 is 42.9 Å². The summed E-state index contributed by atoms with van der Waals surface area (Å²) in [5.74, 6) is -0.198. The minimum atomic E-state index is -1.67. The van der Waals surface area contributed by atoms with Crippen molar-refractivity contribution in [2.24, 2.45) is 0 Å². The van der Waals surface area contributed by atoms with Gasteiger partial charge in [-0.2, -0.15) is 0 Å². The van der Waals surface area contributed by atoms with Crippen molar-refractivity contribution in [2.45, 2.75) is 69.3 Å². The molecule has 0 amide bonds. The molecule has 0 aliphatic carbocycles. The zero-order valence-electron chi connectivity index (χ0n) is 31.5. The van der Waals surface area contributed by atoms with Gasteiger partial charge in [0.2, 0.25) is 5.79 Å². The topological polar surface area (TPSA) is 105 Å². The lowest BCUT2D eigenvalue weighted by Gasteiger charge is -2.56. The molecule has 288 valence electrons. The van der Waals surface area contributed by atoms with Gasteiger partial charge in [-0.3, -0.25) is 0 Å². The fraction of sp³-hybridized carbons (Fsp3) is 0.348. The van der Waals surface area contributed by atoms with E-state index in [1.54, 1.807) is 7.11 Å². The van der Waals surface area contributed by atoms with Crippen LogP contribution >= 0.6 is 0 Å². The second kappa shape index (κ2) is 17.9. The molecule has 0 spiro atoms. The van der Waals surface area contributed by atoms with E-state index in [0.717, 1.165) is 51.3 Å². The number of aliphatic hydroxyl groups is 2. The van der Waals surface area contributed by atoms with E-state index in [1.165, 1.54) is 0 Å². The molecule has 7 rings (SSSR count). The Bertz CT molecular complexity index is 1950. The van der Waals surface area contributed by atoms with Gasteiger partial charge in [-0.25, -0.2) is 0 Å². The molecule has 0 radical (unpaired) electrons. The zero-order valence-corrected chi connectivity index (χ0v) is 31.5. The van der Waals surface area contributed by atoms with Crippen LogP contribution in [0.3, 0.4) is 0 Å². The summed E-state index contributed by atoms with van der Waals surface area (Å²) in [5, 5.41) is 22.5. The Hall–Kier alpha value is -4.58. The number of methoxy groups -OCH3 is 1. The molecule has 0 bridgehead atoms. The molecular formula is C46H50O9. The van der Waals surface area contributed by atoms with E-state index in [4.69, 9.17) is 33.2 Å². The van der Waals surface area contributed by atoms with Gasteiger partial charge in [0.05, 0.1) is 33.0 Å². The van der Waals surface area contributed by atoms with Crippen molar-refractivity contribution < 1.29 is 43.4 Å². The number of aliphatic hydroxyl groups excluding tert-OH is 2. The number of benzene rings is 5. The first kappa shape index (κ1) is 38.7. The number of rotatable bonds is 16. The van der Waals surface area contributed by atoms with Crippen LogP contribution in [0.4, 0.5) is 0 Å². The third-order valence-corrected chi connectivity index (χ3v) is 10.5. The van der Waals surface area contributed by atoms with Gasteiger partial charge < -0.3 is 43.4 Å². The van der Waals surface area contributed by atoms with Crippen LogP contribution in [0.2, 0.25) is 0 Å². The van der Waals surface area contributed by atoms with Crippen molar-refractivity contribution >= 4 is 0 Å². The molecule has 9 heteroatoms. The second-order valence-corrected chi connectivity index (χ2v) is 14.0. The smallest absolute Gasteiger partial charge is 0.225 e. The Kier molecular flexibility index (Phi) is 12.6. The number of aryl methyl sites for hydroxylation is 1. The Balaban J connectivity index is 1.34. The highest BCUT2D eigenvalue weighted by Gasteiger charge is 2.64. The maximum Gasteiger partial charge on any atom is 0.225 e. The standard InChI is InChI=1S/C46H50O9/c1-3-37-20-21-39(27-38(37)25-36-19-22-40-41(26-36)51-24-23-50-40)46(49-2)44(54-30-35-17-11-6-12-18-35)42(52-28-33-13-7-4-8-14-33)43(45(31-47,32-48)55-46)53-29-34-15-9-5-10-16-34/h4-22,26-27,42-44,47-48H,3,23-25,28-32H2,1-2H3/t42-,43-,44+,46?/m0/s1. The van der Waals surface area contributed by atoms with E-state index in [0.29, 0.717) is 25.2 Å². The maximum atomic E-state index is 11.3. The van der Waals surface area contributed by atoms with Crippen LogP contribution in [-0.2, 0) is 62.1 Å². The quantitative estimate of drug-likeness (QED) is 0.111. The summed E-state index contributed by atoms with van der Waals surface area (Å²) in [4.78, 5) is 0. The highest BCUT2D eigenvalue weighted by Crippen LogP contribution is 2.48.